The summed E-state index contributed by atoms with van der Waals surface area (Å²) < 4.78 is 30.6. The van der Waals surface area contributed by atoms with Crippen LogP contribution in [0.2, 0.25) is 0 Å². The number of nitrogens with zero attached hydrogens (tertiary/aromatic N) is 1. The van der Waals surface area contributed by atoms with E-state index in [1.807, 2.05) is 6.92 Å². The molecule has 4 N–H and O–H groups in total. The fraction of sp³-hybridized carbons (Fsp3) is 0.576. The SMILES string of the molecule is C#CC(F)(F)[C@]1(O)CC[C@H]2[C@@H]3CCC4=C/C(=N/NC(=O)NCCO)CCC4=C3[C@H](c3ccc(C4CC4)cc3)C[C@@]21C. The van der Waals surface area contributed by atoms with Crippen LogP contribution >= 0.6 is 0 Å². The number of carbonyl (C=O) groups is 1. The van der Waals surface area contributed by atoms with Crippen LogP contribution in [0, 0.1) is 29.6 Å². The molecule has 8 heteroatoms. The van der Waals surface area contributed by atoms with Gasteiger partial charge in [0, 0.05) is 17.9 Å². The summed E-state index contributed by atoms with van der Waals surface area (Å²) in [5.74, 6) is -1.40. The molecule has 1 aromatic rings. The second kappa shape index (κ2) is 10.4. The number of terminal acetylenes is 1. The van der Waals surface area contributed by atoms with E-state index in [-0.39, 0.29) is 37.3 Å². The van der Waals surface area contributed by atoms with Gasteiger partial charge in [0.2, 0.25) is 0 Å². The maximum absolute atomic E-state index is 15.3. The van der Waals surface area contributed by atoms with Crippen LogP contribution in [0.3, 0.4) is 0 Å². The van der Waals surface area contributed by atoms with Crippen LogP contribution in [0.25, 0.3) is 0 Å². The Hall–Kier alpha value is -3.02. The van der Waals surface area contributed by atoms with Gasteiger partial charge >= 0.3 is 12.0 Å². The van der Waals surface area contributed by atoms with E-state index in [1.165, 1.54) is 35.1 Å². The van der Waals surface area contributed by atoms with Crippen molar-refractivity contribution in [2.45, 2.75) is 88.1 Å². The Morgan fingerprint density at radius 3 is 2.56 bits per heavy atom. The first-order valence-corrected chi connectivity index (χ1v) is 14.9. The minimum absolute atomic E-state index is 0.00132. The number of rotatable bonds is 6. The summed E-state index contributed by atoms with van der Waals surface area (Å²) in [5, 5.41) is 27.4. The number of aliphatic hydroxyl groups is 2. The second-order valence-electron chi connectivity index (χ2n) is 12.8. The predicted molar refractivity (Wildman–Crippen MR) is 153 cm³/mol. The maximum atomic E-state index is 15.3. The van der Waals surface area contributed by atoms with Crippen LogP contribution in [-0.2, 0) is 0 Å². The average molecular weight is 564 g/mol. The lowest BCUT2D eigenvalue weighted by molar-refractivity contribution is -0.209. The van der Waals surface area contributed by atoms with Crippen molar-refractivity contribution in [1.29, 1.82) is 0 Å². The van der Waals surface area contributed by atoms with Gasteiger partial charge in [-0.3, -0.25) is 0 Å². The number of nitrogens with one attached hydrogen (secondary N) is 2. The quantitative estimate of drug-likeness (QED) is 0.270. The minimum Gasteiger partial charge on any atom is -0.395 e. The predicted octanol–water partition coefficient (Wildman–Crippen LogP) is 5.54. The number of hydrazone groups is 1. The molecule has 0 bridgehead atoms. The highest BCUT2D eigenvalue weighted by Crippen LogP contribution is 2.69. The number of benzene rings is 1. The van der Waals surface area contributed by atoms with Crippen LogP contribution in [0.1, 0.15) is 87.7 Å². The summed E-state index contributed by atoms with van der Waals surface area (Å²) >= 11 is 0. The van der Waals surface area contributed by atoms with Crippen LogP contribution in [-0.4, -0.2) is 46.6 Å². The van der Waals surface area contributed by atoms with E-state index < -0.39 is 23.0 Å². The van der Waals surface area contributed by atoms with Crippen molar-refractivity contribution in [3.63, 3.8) is 0 Å². The molecule has 6 nitrogen and oxygen atoms in total. The molecule has 0 heterocycles. The van der Waals surface area contributed by atoms with Crippen molar-refractivity contribution in [2.24, 2.45) is 22.4 Å². The van der Waals surface area contributed by atoms with E-state index in [0.717, 1.165) is 30.5 Å². The highest BCUT2D eigenvalue weighted by molar-refractivity contribution is 5.98. The molecule has 0 radical (unpaired) electrons. The van der Waals surface area contributed by atoms with Gasteiger partial charge < -0.3 is 15.5 Å². The van der Waals surface area contributed by atoms with Gasteiger partial charge in [0.15, 0.2) is 0 Å². The number of carbonyl (C=O) groups excluding carboxylic acids is 1. The van der Waals surface area contributed by atoms with Crippen molar-refractivity contribution >= 4 is 11.7 Å². The molecule has 2 amide bonds. The number of fused-ring (bicyclic) bond motifs is 4. The molecular weight excluding hydrogens is 524 g/mol. The smallest absolute Gasteiger partial charge is 0.336 e. The third-order valence-electron chi connectivity index (χ3n) is 10.7. The van der Waals surface area contributed by atoms with Gasteiger partial charge in [0.1, 0.15) is 5.60 Å². The fourth-order valence-corrected chi connectivity index (χ4v) is 8.45. The molecule has 218 valence electrons. The van der Waals surface area contributed by atoms with Crippen molar-refractivity contribution < 1.29 is 23.8 Å². The van der Waals surface area contributed by atoms with E-state index in [2.05, 4.69) is 46.2 Å². The first kappa shape index (κ1) is 28.1. The monoisotopic (exact) mass is 563 g/mol. The zero-order valence-electron chi connectivity index (χ0n) is 23.6. The largest absolute Gasteiger partial charge is 0.395 e. The van der Waals surface area contributed by atoms with E-state index >= 15 is 8.78 Å². The first-order chi connectivity index (χ1) is 19.6. The molecule has 6 rings (SSSR count). The van der Waals surface area contributed by atoms with Gasteiger partial charge in [0.05, 0.1) is 12.3 Å². The number of hydrogen-bond acceptors (Lipinski definition) is 4. The Bertz CT molecular complexity index is 1360. The molecule has 41 heavy (non-hydrogen) atoms. The topological polar surface area (TPSA) is 94.0 Å². The summed E-state index contributed by atoms with van der Waals surface area (Å²) in [4.78, 5) is 11.9. The van der Waals surface area contributed by atoms with E-state index in [1.54, 1.807) is 5.92 Å². The molecular formula is C33H39F2N3O3. The van der Waals surface area contributed by atoms with Crippen molar-refractivity contribution in [3.05, 3.63) is 58.2 Å². The van der Waals surface area contributed by atoms with Gasteiger partial charge in [-0.1, -0.05) is 36.8 Å². The number of hydrogen-bond donors (Lipinski definition) is 4. The van der Waals surface area contributed by atoms with Crippen LogP contribution in [0.5, 0.6) is 0 Å². The summed E-state index contributed by atoms with van der Waals surface area (Å²) in [5.41, 5.74) is 6.31. The second-order valence-corrected chi connectivity index (χ2v) is 12.8. The van der Waals surface area contributed by atoms with E-state index in [0.29, 0.717) is 25.2 Å². The van der Waals surface area contributed by atoms with Crippen LogP contribution in [0.15, 0.2) is 52.2 Å². The standard InChI is InChI=1S/C33H39F2N3O3/c1-3-33(34,35)32(41)15-14-28-26-12-10-23-18-24(37-38-30(40)36-16-17-39)11-13-25(23)29(26)27(19-31(28,32)2)22-8-6-21(7-9-22)20-4-5-20/h1,6-9,18,20,26-28,39,41H,4-5,10-17,19H2,2H3,(H2,36,38,40)/b37-24+/t26-,27-,28-,31-,32-/m0/s1. The number of amides is 2. The minimum atomic E-state index is -3.60. The molecule has 3 saturated carbocycles. The Kier molecular flexibility index (Phi) is 7.10. The van der Waals surface area contributed by atoms with Gasteiger partial charge in [-0.25, -0.2) is 10.2 Å². The molecule has 3 fully saturated rings. The maximum Gasteiger partial charge on any atom is 0.336 e. The van der Waals surface area contributed by atoms with E-state index in [4.69, 9.17) is 11.5 Å². The normalized spacial score (nSPS) is 33.8. The third-order valence-corrected chi connectivity index (χ3v) is 10.7. The average Bonchev–Trinajstić information content (AvgIpc) is 3.79. The first-order valence-electron chi connectivity index (χ1n) is 14.9. The number of aliphatic hydroxyl groups excluding tert-OH is 1. The number of halogens is 2. The molecule has 0 aliphatic heterocycles. The van der Waals surface area contributed by atoms with Crippen molar-refractivity contribution in [2.75, 3.05) is 13.2 Å². The molecule has 5 atom stereocenters. The van der Waals surface area contributed by atoms with Crippen LogP contribution < -0.4 is 10.7 Å². The van der Waals surface area contributed by atoms with Gasteiger partial charge in [-0.05, 0) is 110 Å². The molecule has 1 aromatic carbocycles. The molecule has 0 aromatic heterocycles. The number of urea groups is 1. The third kappa shape index (κ3) is 4.62. The molecule has 5 aliphatic rings. The summed E-state index contributed by atoms with van der Waals surface area (Å²) in [6.45, 7) is 1.86. The zero-order chi connectivity index (χ0) is 29.0. The van der Waals surface area contributed by atoms with Gasteiger partial charge in [0.25, 0.3) is 0 Å². The lowest BCUT2D eigenvalue weighted by Crippen LogP contribution is -2.60. The summed E-state index contributed by atoms with van der Waals surface area (Å²) in [7, 11) is 0. The lowest BCUT2D eigenvalue weighted by atomic mass is 9.50. The highest BCUT2D eigenvalue weighted by Gasteiger charge is 2.71. The molecule has 0 saturated heterocycles. The number of allylic oxidation sites excluding steroid dienone is 4. The molecule has 0 spiro atoms. The fourth-order valence-electron chi connectivity index (χ4n) is 8.45. The van der Waals surface area contributed by atoms with Crippen molar-refractivity contribution in [1.82, 2.24) is 10.7 Å². The molecule has 0 unspecified atom stereocenters. The zero-order valence-corrected chi connectivity index (χ0v) is 23.6. The summed E-state index contributed by atoms with van der Waals surface area (Å²) in [6.07, 6.45) is 13.8. The number of alkyl halides is 2. The van der Waals surface area contributed by atoms with E-state index in [9.17, 15) is 9.90 Å². The highest BCUT2D eigenvalue weighted by atomic mass is 19.3. The summed E-state index contributed by atoms with van der Waals surface area (Å²) in [6, 6.07) is 8.26. The van der Waals surface area contributed by atoms with Gasteiger partial charge in [-0.2, -0.15) is 13.9 Å². The Labute approximate surface area is 240 Å². The van der Waals surface area contributed by atoms with Crippen LogP contribution in [0.4, 0.5) is 13.6 Å². The van der Waals surface area contributed by atoms with Gasteiger partial charge in [-0.15, -0.1) is 6.42 Å². The Morgan fingerprint density at radius 1 is 1.15 bits per heavy atom. The molecule has 5 aliphatic carbocycles. The van der Waals surface area contributed by atoms with Crippen molar-refractivity contribution in [3.8, 4) is 12.3 Å². The lowest BCUT2D eigenvalue weighted by Gasteiger charge is -2.55. The Morgan fingerprint density at radius 2 is 1.88 bits per heavy atom. The Balaban J connectivity index is 1.39.